The molecule has 0 aliphatic carbocycles. The molecule has 2 aromatic rings. The third-order valence-corrected chi connectivity index (χ3v) is 3.36. The van der Waals surface area contributed by atoms with Crippen molar-refractivity contribution in [3.8, 4) is 0 Å². The van der Waals surface area contributed by atoms with E-state index >= 15 is 0 Å². The van der Waals surface area contributed by atoms with Gasteiger partial charge in [-0.05, 0) is 42.2 Å². The zero-order valence-electron chi connectivity index (χ0n) is 11.1. The Balaban J connectivity index is 2.37. The van der Waals surface area contributed by atoms with Crippen molar-refractivity contribution in [3.05, 3.63) is 70.3 Å². The van der Waals surface area contributed by atoms with Gasteiger partial charge in [0.15, 0.2) is 0 Å². The molecule has 1 unspecified atom stereocenters. The second-order valence-electron chi connectivity index (χ2n) is 4.70. The summed E-state index contributed by atoms with van der Waals surface area (Å²) in [6.07, 6.45) is 0.934. The standard InChI is InChI=1S/C16H17F2N/c1-3-11-4-6-12(7-5-11)16(19)13-9-14(17)10(2)8-15(13)18/h4-9,16H,3,19H2,1-2H3. The van der Waals surface area contributed by atoms with Gasteiger partial charge in [-0.2, -0.15) is 0 Å². The zero-order chi connectivity index (χ0) is 14.0. The van der Waals surface area contributed by atoms with Crippen LogP contribution >= 0.6 is 0 Å². The summed E-state index contributed by atoms with van der Waals surface area (Å²) in [5, 5.41) is 0. The second-order valence-corrected chi connectivity index (χ2v) is 4.70. The van der Waals surface area contributed by atoms with E-state index in [2.05, 4.69) is 6.92 Å². The first-order chi connectivity index (χ1) is 9.02. The monoisotopic (exact) mass is 261 g/mol. The molecular formula is C16H17F2N. The van der Waals surface area contributed by atoms with Crippen LogP contribution in [0.25, 0.3) is 0 Å². The lowest BCUT2D eigenvalue weighted by Gasteiger charge is -2.15. The van der Waals surface area contributed by atoms with Gasteiger partial charge in [0.1, 0.15) is 11.6 Å². The molecule has 0 radical (unpaired) electrons. The first-order valence-electron chi connectivity index (χ1n) is 6.33. The van der Waals surface area contributed by atoms with Crippen LogP contribution in [0.2, 0.25) is 0 Å². The highest BCUT2D eigenvalue weighted by Crippen LogP contribution is 2.24. The fourth-order valence-electron chi connectivity index (χ4n) is 2.04. The van der Waals surface area contributed by atoms with Crippen LogP contribution in [0.5, 0.6) is 0 Å². The molecule has 3 heteroatoms. The van der Waals surface area contributed by atoms with E-state index < -0.39 is 17.7 Å². The number of aryl methyl sites for hydroxylation is 2. The molecule has 0 aromatic heterocycles. The highest BCUT2D eigenvalue weighted by atomic mass is 19.1. The highest BCUT2D eigenvalue weighted by molar-refractivity contribution is 5.36. The molecule has 0 heterocycles. The summed E-state index contributed by atoms with van der Waals surface area (Å²) in [7, 11) is 0. The lowest BCUT2D eigenvalue weighted by Crippen LogP contribution is -2.14. The van der Waals surface area contributed by atoms with Gasteiger partial charge in [-0.15, -0.1) is 0 Å². The lowest BCUT2D eigenvalue weighted by molar-refractivity contribution is 0.570. The fraction of sp³-hybridized carbons (Fsp3) is 0.250. The predicted molar refractivity (Wildman–Crippen MR) is 72.9 cm³/mol. The Morgan fingerprint density at radius 1 is 1.05 bits per heavy atom. The first-order valence-corrected chi connectivity index (χ1v) is 6.33. The van der Waals surface area contributed by atoms with E-state index in [1.807, 2.05) is 24.3 Å². The smallest absolute Gasteiger partial charge is 0.128 e. The molecule has 0 aliphatic rings. The number of nitrogens with two attached hydrogens (primary N) is 1. The van der Waals surface area contributed by atoms with E-state index in [9.17, 15) is 8.78 Å². The van der Waals surface area contributed by atoms with E-state index in [1.165, 1.54) is 24.6 Å². The predicted octanol–water partition coefficient (Wildman–Crippen LogP) is 3.88. The number of hydrogen-bond donors (Lipinski definition) is 1. The molecule has 2 aromatic carbocycles. The summed E-state index contributed by atoms with van der Waals surface area (Å²) in [5.74, 6) is -0.900. The molecule has 19 heavy (non-hydrogen) atoms. The van der Waals surface area contributed by atoms with Crippen LogP contribution in [0.1, 0.15) is 35.2 Å². The molecule has 0 aliphatic heterocycles. The number of benzene rings is 2. The third kappa shape index (κ3) is 2.82. The van der Waals surface area contributed by atoms with Crippen molar-refractivity contribution in [1.29, 1.82) is 0 Å². The van der Waals surface area contributed by atoms with Crippen LogP contribution in [0.15, 0.2) is 36.4 Å². The molecule has 2 N–H and O–H groups in total. The van der Waals surface area contributed by atoms with Gasteiger partial charge in [-0.1, -0.05) is 31.2 Å². The molecule has 2 rings (SSSR count). The van der Waals surface area contributed by atoms with E-state index in [-0.39, 0.29) is 11.1 Å². The first kappa shape index (κ1) is 13.7. The third-order valence-electron chi connectivity index (χ3n) is 3.36. The average molecular weight is 261 g/mol. The SMILES string of the molecule is CCc1ccc(C(N)c2cc(F)c(C)cc2F)cc1. The maximum atomic E-state index is 13.9. The fourth-order valence-corrected chi connectivity index (χ4v) is 2.04. The van der Waals surface area contributed by atoms with Gasteiger partial charge in [-0.25, -0.2) is 8.78 Å². The van der Waals surface area contributed by atoms with E-state index in [1.54, 1.807) is 0 Å². The molecule has 1 atom stereocenters. The van der Waals surface area contributed by atoms with Gasteiger partial charge in [0, 0.05) is 5.56 Å². The molecule has 0 saturated heterocycles. The Bertz CT molecular complexity index is 576. The molecule has 0 amide bonds. The summed E-state index contributed by atoms with van der Waals surface area (Å²) in [4.78, 5) is 0. The molecule has 0 bridgehead atoms. The summed E-state index contributed by atoms with van der Waals surface area (Å²) in [6, 6.07) is 9.35. The van der Waals surface area contributed by atoms with Crippen molar-refractivity contribution in [2.45, 2.75) is 26.3 Å². The Labute approximate surface area is 112 Å². The Hall–Kier alpha value is -1.74. The van der Waals surface area contributed by atoms with Gasteiger partial charge in [-0.3, -0.25) is 0 Å². The summed E-state index contributed by atoms with van der Waals surface area (Å²) in [5.41, 5.74) is 8.46. The highest BCUT2D eigenvalue weighted by Gasteiger charge is 2.15. The molecule has 0 saturated carbocycles. The minimum absolute atomic E-state index is 0.187. The quantitative estimate of drug-likeness (QED) is 0.891. The van der Waals surface area contributed by atoms with Crippen molar-refractivity contribution in [2.75, 3.05) is 0 Å². The Morgan fingerprint density at radius 3 is 2.26 bits per heavy atom. The zero-order valence-corrected chi connectivity index (χ0v) is 11.1. The van der Waals surface area contributed by atoms with E-state index in [0.717, 1.165) is 12.0 Å². The van der Waals surface area contributed by atoms with Gasteiger partial charge in [0.25, 0.3) is 0 Å². The molecule has 100 valence electrons. The lowest BCUT2D eigenvalue weighted by atomic mass is 9.96. The van der Waals surface area contributed by atoms with Crippen molar-refractivity contribution >= 4 is 0 Å². The van der Waals surface area contributed by atoms with Gasteiger partial charge in [0.2, 0.25) is 0 Å². The van der Waals surface area contributed by atoms with Gasteiger partial charge >= 0.3 is 0 Å². The largest absolute Gasteiger partial charge is 0.320 e. The second kappa shape index (κ2) is 5.49. The van der Waals surface area contributed by atoms with Crippen molar-refractivity contribution in [2.24, 2.45) is 5.73 Å². The number of hydrogen-bond acceptors (Lipinski definition) is 1. The summed E-state index contributed by atoms with van der Waals surface area (Å²) < 4.78 is 27.4. The minimum Gasteiger partial charge on any atom is -0.320 e. The van der Waals surface area contributed by atoms with Crippen LogP contribution in [-0.2, 0) is 6.42 Å². The Morgan fingerprint density at radius 2 is 1.68 bits per heavy atom. The van der Waals surface area contributed by atoms with Crippen LogP contribution < -0.4 is 5.73 Å². The maximum Gasteiger partial charge on any atom is 0.128 e. The number of halogens is 2. The normalized spacial score (nSPS) is 12.5. The van der Waals surface area contributed by atoms with Crippen molar-refractivity contribution in [1.82, 2.24) is 0 Å². The minimum atomic E-state index is -0.652. The van der Waals surface area contributed by atoms with E-state index in [0.29, 0.717) is 0 Å². The Kier molecular flexibility index (Phi) is 3.96. The van der Waals surface area contributed by atoms with E-state index in [4.69, 9.17) is 5.73 Å². The van der Waals surface area contributed by atoms with Crippen molar-refractivity contribution in [3.63, 3.8) is 0 Å². The number of rotatable bonds is 3. The van der Waals surface area contributed by atoms with Crippen LogP contribution in [0, 0.1) is 18.6 Å². The maximum absolute atomic E-state index is 13.9. The van der Waals surface area contributed by atoms with Gasteiger partial charge < -0.3 is 5.73 Å². The van der Waals surface area contributed by atoms with Crippen LogP contribution in [0.4, 0.5) is 8.78 Å². The summed E-state index contributed by atoms with van der Waals surface area (Å²) in [6.45, 7) is 3.59. The topological polar surface area (TPSA) is 26.0 Å². The van der Waals surface area contributed by atoms with Crippen LogP contribution in [0.3, 0.4) is 0 Å². The van der Waals surface area contributed by atoms with Crippen LogP contribution in [-0.4, -0.2) is 0 Å². The van der Waals surface area contributed by atoms with Crippen molar-refractivity contribution < 1.29 is 8.78 Å². The molecule has 0 fully saturated rings. The average Bonchev–Trinajstić information content (AvgIpc) is 2.42. The van der Waals surface area contributed by atoms with Gasteiger partial charge in [0.05, 0.1) is 6.04 Å². The molecule has 0 spiro atoms. The molecular weight excluding hydrogens is 244 g/mol. The molecule has 1 nitrogen and oxygen atoms in total. The summed E-state index contributed by atoms with van der Waals surface area (Å²) >= 11 is 0.